The average molecular weight is 284 g/mol. The summed E-state index contributed by atoms with van der Waals surface area (Å²) in [5.74, 6) is 1.50. The van der Waals surface area contributed by atoms with Crippen molar-refractivity contribution in [3.63, 3.8) is 0 Å². The maximum atomic E-state index is 11.3. The van der Waals surface area contributed by atoms with Crippen LogP contribution in [0.1, 0.15) is 32.3 Å². The molecule has 6 heteroatoms. The summed E-state index contributed by atoms with van der Waals surface area (Å²) in [4.78, 5) is 8.68. The van der Waals surface area contributed by atoms with Gasteiger partial charge in [0.05, 0.1) is 0 Å². The first-order chi connectivity index (χ1) is 9.04. The number of rotatable bonds is 8. The van der Waals surface area contributed by atoms with Crippen molar-refractivity contribution in [1.29, 1.82) is 0 Å². The molecular weight excluding hydrogens is 260 g/mol. The van der Waals surface area contributed by atoms with Crippen LogP contribution in [0.15, 0.2) is 6.20 Å². The van der Waals surface area contributed by atoms with Gasteiger partial charge in [0.25, 0.3) is 0 Å². The van der Waals surface area contributed by atoms with Crippen molar-refractivity contribution in [2.24, 2.45) is 0 Å². The minimum atomic E-state index is -0.767. The average Bonchev–Trinajstić information content (AvgIpc) is 2.39. The summed E-state index contributed by atoms with van der Waals surface area (Å²) in [7, 11) is -0.767. The van der Waals surface area contributed by atoms with Crippen LogP contribution in [0.25, 0.3) is 0 Å². The van der Waals surface area contributed by atoms with E-state index in [4.69, 9.17) is 0 Å². The van der Waals surface area contributed by atoms with Gasteiger partial charge in [0.1, 0.15) is 5.82 Å². The zero-order valence-electron chi connectivity index (χ0n) is 12.2. The first-order valence-corrected chi connectivity index (χ1v) is 8.30. The van der Waals surface area contributed by atoms with Crippen LogP contribution in [0.2, 0.25) is 0 Å². The highest BCUT2D eigenvalue weighted by molar-refractivity contribution is 7.84. The third-order valence-electron chi connectivity index (χ3n) is 2.91. The molecule has 0 fully saturated rings. The zero-order chi connectivity index (χ0) is 14.3. The Labute approximate surface area is 118 Å². The summed E-state index contributed by atoms with van der Waals surface area (Å²) in [6, 6.07) is 0. The molecule has 1 aromatic rings. The predicted octanol–water partition coefficient (Wildman–Crippen LogP) is 2.18. The van der Waals surface area contributed by atoms with E-state index in [2.05, 4.69) is 27.5 Å². The second-order valence-electron chi connectivity index (χ2n) is 4.68. The van der Waals surface area contributed by atoms with E-state index in [1.54, 1.807) is 6.26 Å². The molecule has 0 aliphatic rings. The number of anilines is 2. The van der Waals surface area contributed by atoms with Crippen LogP contribution in [-0.2, 0) is 10.8 Å². The summed E-state index contributed by atoms with van der Waals surface area (Å²) in [6.07, 6.45) is 5.46. The molecule has 0 radical (unpaired) electrons. The minimum Gasteiger partial charge on any atom is -0.370 e. The number of hydrogen-bond donors (Lipinski definition) is 2. The van der Waals surface area contributed by atoms with Gasteiger partial charge in [0, 0.05) is 47.2 Å². The Morgan fingerprint density at radius 2 is 2.11 bits per heavy atom. The number of aromatic nitrogens is 2. The van der Waals surface area contributed by atoms with Crippen molar-refractivity contribution in [2.75, 3.05) is 30.0 Å². The standard InChI is InChI=1S/C13H24N4OS/c1-5-7-15-13-16-9-10(2)12(17-13)14-8-6-11(3)19(4)18/h9,11H,5-8H2,1-4H3,(H2,14,15,16,17). The highest BCUT2D eigenvalue weighted by Crippen LogP contribution is 2.13. The van der Waals surface area contributed by atoms with E-state index >= 15 is 0 Å². The molecule has 0 saturated heterocycles. The molecule has 0 aliphatic heterocycles. The lowest BCUT2D eigenvalue weighted by Crippen LogP contribution is -2.16. The highest BCUT2D eigenvalue weighted by atomic mass is 32.2. The molecule has 1 aromatic heterocycles. The summed E-state index contributed by atoms with van der Waals surface area (Å²) in [5, 5.41) is 6.66. The molecule has 19 heavy (non-hydrogen) atoms. The lowest BCUT2D eigenvalue weighted by Gasteiger charge is -2.12. The van der Waals surface area contributed by atoms with Gasteiger partial charge < -0.3 is 10.6 Å². The minimum absolute atomic E-state index is 0.201. The van der Waals surface area contributed by atoms with Crippen LogP contribution in [0, 0.1) is 6.92 Å². The summed E-state index contributed by atoms with van der Waals surface area (Å²) >= 11 is 0. The van der Waals surface area contributed by atoms with E-state index in [9.17, 15) is 4.21 Å². The van der Waals surface area contributed by atoms with E-state index in [-0.39, 0.29) is 5.25 Å². The largest absolute Gasteiger partial charge is 0.370 e. The first kappa shape index (κ1) is 15.9. The molecule has 1 rings (SSSR count). The van der Waals surface area contributed by atoms with Gasteiger partial charge in [-0.05, 0) is 19.8 Å². The van der Waals surface area contributed by atoms with E-state index in [0.717, 1.165) is 37.3 Å². The monoisotopic (exact) mass is 284 g/mol. The summed E-state index contributed by atoms with van der Waals surface area (Å²) < 4.78 is 11.3. The summed E-state index contributed by atoms with van der Waals surface area (Å²) in [6.45, 7) is 7.72. The van der Waals surface area contributed by atoms with Crippen LogP contribution in [0.3, 0.4) is 0 Å². The lowest BCUT2D eigenvalue weighted by molar-refractivity contribution is 0.672. The second-order valence-corrected chi connectivity index (χ2v) is 6.48. The lowest BCUT2D eigenvalue weighted by atomic mass is 10.3. The Morgan fingerprint density at radius 3 is 2.74 bits per heavy atom. The molecule has 108 valence electrons. The third kappa shape index (κ3) is 5.55. The van der Waals surface area contributed by atoms with Gasteiger partial charge >= 0.3 is 0 Å². The van der Waals surface area contributed by atoms with Gasteiger partial charge in [-0.15, -0.1) is 0 Å². The molecule has 2 atom stereocenters. The summed E-state index contributed by atoms with van der Waals surface area (Å²) in [5.41, 5.74) is 1.02. The SMILES string of the molecule is CCCNc1ncc(C)c(NCCC(C)S(C)=O)n1. The Kier molecular flexibility index (Phi) is 6.77. The van der Waals surface area contributed by atoms with Gasteiger partial charge in [-0.1, -0.05) is 13.8 Å². The van der Waals surface area contributed by atoms with E-state index in [0.29, 0.717) is 5.95 Å². The Bertz CT molecular complexity index is 425. The fraction of sp³-hybridized carbons (Fsp3) is 0.692. The predicted molar refractivity (Wildman–Crippen MR) is 82.2 cm³/mol. The molecule has 1 heterocycles. The van der Waals surface area contributed by atoms with E-state index < -0.39 is 10.8 Å². The Hall–Kier alpha value is -1.17. The van der Waals surface area contributed by atoms with Gasteiger partial charge in [0.2, 0.25) is 5.95 Å². The molecule has 5 nitrogen and oxygen atoms in total. The van der Waals surface area contributed by atoms with Gasteiger partial charge in [-0.2, -0.15) is 4.98 Å². The third-order valence-corrected chi connectivity index (χ3v) is 4.28. The van der Waals surface area contributed by atoms with Crippen LogP contribution in [0.4, 0.5) is 11.8 Å². The Balaban J connectivity index is 2.54. The van der Waals surface area contributed by atoms with E-state index in [1.807, 2.05) is 20.0 Å². The van der Waals surface area contributed by atoms with Gasteiger partial charge in [-0.25, -0.2) is 4.98 Å². The fourth-order valence-electron chi connectivity index (χ4n) is 1.50. The van der Waals surface area contributed by atoms with Crippen molar-refractivity contribution in [3.8, 4) is 0 Å². The van der Waals surface area contributed by atoms with Crippen molar-refractivity contribution in [2.45, 2.75) is 38.9 Å². The van der Waals surface area contributed by atoms with Crippen molar-refractivity contribution < 1.29 is 4.21 Å². The first-order valence-electron chi connectivity index (χ1n) is 6.68. The topological polar surface area (TPSA) is 66.9 Å². The zero-order valence-corrected chi connectivity index (χ0v) is 13.0. The van der Waals surface area contributed by atoms with E-state index in [1.165, 1.54) is 0 Å². The Morgan fingerprint density at radius 1 is 1.37 bits per heavy atom. The van der Waals surface area contributed by atoms with Gasteiger partial charge in [-0.3, -0.25) is 4.21 Å². The quantitative estimate of drug-likeness (QED) is 0.766. The van der Waals surface area contributed by atoms with Gasteiger partial charge in [0.15, 0.2) is 0 Å². The number of nitrogens with one attached hydrogen (secondary N) is 2. The molecule has 0 saturated carbocycles. The molecule has 0 aliphatic carbocycles. The molecule has 2 unspecified atom stereocenters. The van der Waals surface area contributed by atoms with Crippen LogP contribution >= 0.6 is 0 Å². The maximum absolute atomic E-state index is 11.3. The van der Waals surface area contributed by atoms with Crippen molar-refractivity contribution in [1.82, 2.24) is 9.97 Å². The molecule has 0 bridgehead atoms. The number of nitrogens with zero attached hydrogens (tertiary/aromatic N) is 2. The molecule has 0 spiro atoms. The maximum Gasteiger partial charge on any atom is 0.224 e. The molecule has 0 aromatic carbocycles. The van der Waals surface area contributed by atoms with Crippen LogP contribution in [0.5, 0.6) is 0 Å². The second kappa shape index (κ2) is 8.09. The van der Waals surface area contributed by atoms with Crippen molar-refractivity contribution in [3.05, 3.63) is 11.8 Å². The molecule has 0 amide bonds. The smallest absolute Gasteiger partial charge is 0.224 e. The molecule has 2 N–H and O–H groups in total. The van der Waals surface area contributed by atoms with Crippen LogP contribution in [-0.4, -0.2) is 38.8 Å². The number of hydrogen-bond acceptors (Lipinski definition) is 5. The molecular formula is C13H24N4OS. The number of aryl methyl sites for hydroxylation is 1. The van der Waals surface area contributed by atoms with Crippen LogP contribution < -0.4 is 10.6 Å². The fourth-order valence-corrected chi connectivity index (χ4v) is 1.95. The normalized spacial score (nSPS) is 13.9. The highest BCUT2D eigenvalue weighted by Gasteiger charge is 2.07. The van der Waals surface area contributed by atoms with Crippen molar-refractivity contribution >= 4 is 22.6 Å².